The van der Waals surface area contributed by atoms with Crippen LogP contribution in [0.2, 0.25) is 0 Å². The lowest BCUT2D eigenvalue weighted by Gasteiger charge is -2.41. The number of ether oxygens (including phenoxy) is 1. The van der Waals surface area contributed by atoms with Crippen molar-refractivity contribution in [1.82, 2.24) is 20.1 Å². The topological polar surface area (TPSA) is 95.0 Å². The Bertz CT molecular complexity index is 1370. The highest BCUT2D eigenvalue weighted by Gasteiger charge is 2.34. The van der Waals surface area contributed by atoms with E-state index in [9.17, 15) is 14.7 Å². The first-order chi connectivity index (χ1) is 19.7. The van der Waals surface area contributed by atoms with Gasteiger partial charge in [-0.25, -0.2) is 9.59 Å². The molecular formula is C33H40N4O4. The number of amides is 2. The van der Waals surface area contributed by atoms with E-state index in [2.05, 4.69) is 34.5 Å². The monoisotopic (exact) mass is 556 g/mol. The van der Waals surface area contributed by atoms with Crippen LogP contribution in [0.3, 0.4) is 0 Å². The molecule has 1 aliphatic carbocycles. The summed E-state index contributed by atoms with van der Waals surface area (Å²) in [6.45, 7) is 7.60. The molecule has 2 N–H and O–H groups in total. The minimum absolute atomic E-state index is 0.112. The van der Waals surface area contributed by atoms with Gasteiger partial charge in [0.15, 0.2) is 0 Å². The third-order valence-electron chi connectivity index (χ3n) is 7.90. The Hall–Kier alpha value is -3.91. The van der Waals surface area contributed by atoms with Gasteiger partial charge >= 0.3 is 12.2 Å². The third kappa shape index (κ3) is 7.24. The van der Waals surface area contributed by atoms with Gasteiger partial charge in [-0.05, 0) is 80.3 Å². The summed E-state index contributed by atoms with van der Waals surface area (Å²) in [5.41, 5.74) is 6.26. The van der Waals surface area contributed by atoms with Crippen LogP contribution < -0.4 is 5.32 Å². The number of benzene rings is 2. The van der Waals surface area contributed by atoms with Crippen molar-refractivity contribution >= 4 is 12.2 Å². The van der Waals surface area contributed by atoms with E-state index < -0.39 is 17.8 Å². The molecule has 0 fully saturated rings. The van der Waals surface area contributed by atoms with Crippen molar-refractivity contribution in [2.24, 2.45) is 0 Å². The first-order valence-corrected chi connectivity index (χ1v) is 14.4. The highest BCUT2D eigenvalue weighted by atomic mass is 16.6. The number of rotatable bonds is 7. The van der Waals surface area contributed by atoms with Gasteiger partial charge in [0.25, 0.3) is 0 Å². The number of aromatic nitrogens is 1. The summed E-state index contributed by atoms with van der Waals surface area (Å²) >= 11 is 0. The number of pyridine rings is 1. The zero-order chi connectivity index (χ0) is 29.0. The van der Waals surface area contributed by atoms with E-state index in [-0.39, 0.29) is 12.1 Å². The molecule has 216 valence electrons. The number of carboxylic acid groups (broad SMARTS) is 1. The second kappa shape index (κ2) is 12.3. The summed E-state index contributed by atoms with van der Waals surface area (Å²) < 4.78 is 5.34. The van der Waals surface area contributed by atoms with Crippen LogP contribution in [0.15, 0.2) is 66.9 Å². The number of carbonyl (C=O) groups is 2. The normalized spacial score (nSPS) is 18.4. The van der Waals surface area contributed by atoms with Gasteiger partial charge in [-0.3, -0.25) is 14.8 Å². The van der Waals surface area contributed by atoms with Crippen LogP contribution in [0.4, 0.5) is 9.59 Å². The zero-order valence-corrected chi connectivity index (χ0v) is 24.2. The average Bonchev–Trinajstić information content (AvgIpc) is 2.95. The molecule has 0 unspecified atom stereocenters. The van der Waals surface area contributed by atoms with Gasteiger partial charge in [0.1, 0.15) is 5.60 Å². The zero-order valence-electron chi connectivity index (χ0n) is 24.2. The molecule has 0 bridgehead atoms. The predicted octanol–water partition coefficient (Wildman–Crippen LogP) is 6.09. The lowest BCUT2D eigenvalue weighted by Crippen LogP contribution is -2.50. The molecule has 5 rings (SSSR count). The average molecular weight is 557 g/mol. The predicted molar refractivity (Wildman–Crippen MR) is 157 cm³/mol. The second-order valence-corrected chi connectivity index (χ2v) is 12.1. The van der Waals surface area contributed by atoms with E-state index in [1.54, 1.807) is 4.90 Å². The Balaban J connectivity index is 1.36. The number of aryl methyl sites for hydroxylation is 1. The largest absolute Gasteiger partial charge is 0.465 e. The number of fused-ring (bicyclic) bond motifs is 2. The van der Waals surface area contributed by atoms with E-state index in [0.29, 0.717) is 32.6 Å². The van der Waals surface area contributed by atoms with Gasteiger partial charge in [-0.1, -0.05) is 54.6 Å². The number of nitrogens with one attached hydrogen (secondary N) is 1. The molecule has 0 saturated heterocycles. The van der Waals surface area contributed by atoms with Crippen molar-refractivity contribution in [3.8, 4) is 0 Å². The molecule has 2 atom stereocenters. The van der Waals surface area contributed by atoms with Crippen LogP contribution in [0.1, 0.15) is 73.2 Å². The van der Waals surface area contributed by atoms with E-state index in [1.807, 2.05) is 63.4 Å². The maximum absolute atomic E-state index is 12.4. The summed E-state index contributed by atoms with van der Waals surface area (Å²) in [5.74, 6) is 0. The Labute approximate surface area is 242 Å². The Kier molecular flexibility index (Phi) is 8.59. The molecule has 0 saturated carbocycles. The Morgan fingerprint density at radius 2 is 1.73 bits per heavy atom. The lowest BCUT2D eigenvalue weighted by molar-refractivity contribution is 0.0523. The number of hydrogen-bond donors (Lipinski definition) is 2. The minimum atomic E-state index is -0.881. The van der Waals surface area contributed by atoms with Gasteiger partial charge in [0, 0.05) is 32.4 Å². The second-order valence-electron chi connectivity index (χ2n) is 12.1. The minimum Gasteiger partial charge on any atom is -0.465 e. The lowest BCUT2D eigenvalue weighted by atomic mass is 9.89. The summed E-state index contributed by atoms with van der Waals surface area (Å²) in [5, 5.41) is 13.0. The van der Waals surface area contributed by atoms with Crippen LogP contribution in [-0.4, -0.2) is 50.3 Å². The van der Waals surface area contributed by atoms with Crippen LogP contribution in [0, 0.1) is 0 Å². The van der Waals surface area contributed by atoms with Crippen molar-refractivity contribution in [2.45, 2.75) is 83.8 Å². The fraction of sp³-hybridized carbons (Fsp3) is 0.424. The van der Waals surface area contributed by atoms with Gasteiger partial charge < -0.3 is 15.2 Å². The quantitative estimate of drug-likeness (QED) is 0.366. The molecule has 41 heavy (non-hydrogen) atoms. The van der Waals surface area contributed by atoms with Crippen LogP contribution in [-0.2, 0) is 37.2 Å². The molecule has 1 aromatic heterocycles. The maximum Gasteiger partial charge on any atom is 0.407 e. The Morgan fingerprint density at radius 1 is 1.02 bits per heavy atom. The van der Waals surface area contributed by atoms with Gasteiger partial charge in [-0.15, -0.1) is 0 Å². The fourth-order valence-electron chi connectivity index (χ4n) is 5.97. The smallest absolute Gasteiger partial charge is 0.407 e. The van der Waals surface area contributed by atoms with Crippen molar-refractivity contribution in [2.75, 3.05) is 6.54 Å². The molecule has 3 aromatic rings. The standard InChI is InChI=1S/C33H40N4O4/c1-33(2,3)41-31(38)35-19-23-13-15-24(16-14-23)20-36(29-12-6-10-25-11-7-17-34-30(25)29)22-28-18-26-8-4-5-9-27(26)21-37(28)32(39)40/h4-5,7-9,11,13-17,28-29H,6,10,12,18-22H2,1-3H3,(H,35,38)(H,39,40)/t28-,29+/m1/s1. The highest BCUT2D eigenvalue weighted by Crippen LogP contribution is 2.35. The number of carbonyl (C=O) groups excluding carboxylic acids is 1. The summed E-state index contributed by atoms with van der Waals surface area (Å²) in [4.78, 5) is 33.3. The number of hydrogen-bond acceptors (Lipinski definition) is 5. The van der Waals surface area contributed by atoms with E-state index >= 15 is 0 Å². The van der Waals surface area contributed by atoms with Gasteiger partial charge in [0.05, 0.1) is 17.8 Å². The van der Waals surface area contributed by atoms with Crippen molar-refractivity contribution in [3.63, 3.8) is 0 Å². The molecule has 8 nitrogen and oxygen atoms in total. The molecule has 2 heterocycles. The molecular weight excluding hydrogens is 516 g/mol. The van der Waals surface area contributed by atoms with E-state index in [0.717, 1.165) is 41.6 Å². The van der Waals surface area contributed by atoms with Crippen molar-refractivity contribution in [3.05, 3.63) is 100 Å². The van der Waals surface area contributed by atoms with Gasteiger partial charge in [0.2, 0.25) is 0 Å². The molecule has 2 aliphatic rings. The van der Waals surface area contributed by atoms with Crippen LogP contribution in [0.25, 0.3) is 0 Å². The summed E-state index contributed by atoms with van der Waals surface area (Å²) in [6, 6.07) is 20.5. The van der Waals surface area contributed by atoms with Crippen LogP contribution in [0.5, 0.6) is 0 Å². The molecule has 0 spiro atoms. The molecule has 1 aliphatic heterocycles. The van der Waals surface area contributed by atoms with E-state index in [4.69, 9.17) is 9.72 Å². The molecule has 2 amide bonds. The third-order valence-corrected chi connectivity index (χ3v) is 7.90. The first kappa shape index (κ1) is 28.6. The molecule has 8 heteroatoms. The van der Waals surface area contributed by atoms with E-state index in [1.165, 1.54) is 11.1 Å². The molecule has 0 radical (unpaired) electrons. The SMILES string of the molecule is CC(C)(C)OC(=O)NCc1ccc(CN(C[C@H]2Cc3ccccc3CN2C(=O)O)[C@H]2CCCc3cccnc32)cc1. The molecule has 2 aromatic carbocycles. The maximum atomic E-state index is 12.4. The van der Waals surface area contributed by atoms with Crippen molar-refractivity contribution < 1.29 is 19.4 Å². The first-order valence-electron chi connectivity index (χ1n) is 14.4. The Morgan fingerprint density at radius 3 is 2.46 bits per heavy atom. The highest BCUT2D eigenvalue weighted by molar-refractivity contribution is 5.67. The van der Waals surface area contributed by atoms with Crippen molar-refractivity contribution in [1.29, 1.82) is 0 Å². The van der Waals surface area contributed by atoms with Crippen LogP contribution >= 0.6 is 0 Å². The number of alkyl carbamates (subject to hydrolysis) is 1. The fourth-order valence-corrected chi connectivity index (χ4v) is 5.97. The number of nitrogens with zero attached hydrogens (tertiary/aromatic N) is 3. The summed E-state index contributed by atoms with van der Waals surface area (Å²) in [7, 11) is 0. The summed E-state index contributed by atoms with van der Waals surface area (Å²) in [6.07, 6.45) is 4.31. The van der Waals surface area contributed by atoms with Gasteiger partial charge in [-0.2, -0.15) is 0 Å².